The first kappa shape index (κ1) is 24.8. The summed E-state index contributed by atoms with van der Waals surface area (Å²) in [4.78, 5) is 10.9. The van der Waals surface area contributed by atoms with Crippen LogP contribution in [0.1, 0.15) is 77.6 Å². The number of carboxylic acid groups (broad SMARTS) is 1. The Kier molecular flexibility index (Phi) is 17.8. The van der Waals surface area contributed by atoms with E-state index >= 15 is 0 Å². The molecule has 0 aliphatic carbocycles. The maximum atomic E-state index is 10.9. The molecule has 0 aliphatic heterocycles. The predicted octanol–water partition coefficient (Wildman–Crippen LogP) is 4.23. The summed E-state index contributed by atoms with van der Waals surface area (Å²) in [6.07, 6.45) is 18.2. The molecular weight excluding hydrogens is 332 g/mol. The van der Waals surface area contributed by atoms with E-state index in [1.165, 1.54) is 25.7 Å². The maximum absolute atomic E-state index is 10.9. The van der Waals surface area contributed by atoms with Crippen LogP contribution in [0.15, 0.2) is 24.3 Å². The fourth-order valence-corrected chi connectivity index (χ4v) is 2.57. The van der Waals surface area contributed by atoms with Gasteiger partial charge in [0.25, 0.3) is 0 Å². The highest BCUT2D eigenvalue weighted by atomic mass is 16.5. The van der Waals surface area contributed by atoms with Gasteiger partial charge in [0.15, 0.2) is 0 Å². The van der Waals surface area contributed by atoms with Crippen LogP contribution in [-0.4, -0.2) is 46.7 Å². The van der Waals surface area contributed by atoms with Crippen molar-refractivity contribution in [2.45, 2.75) is 89.8 Å². The lowest BCUT2D eigenvalue weighted by Crippen LogP contribution is -2.26. The van der Waals surface area contributed by atoms with Crippen molar-refractivity contribution in [1.29, 1.82) is 0 Å². The number of carbonyl (C=O) groups is 1. The number of rotatable bonds is 18. The Morgan fingerprint density at radius 2 is 1.65 bits per heavy atom. The van der Waals surface area contributed by atoms with Gasteiger partial charge >= 0.3 is 5.97 Å². The second-order valence-electron chi connectivity index (χ2n) is 6.70. The number of unbranched alkanes of at least 4 members (excludes halogenated alkanes) is 6. The smallest absolute Gasteiger partial charge is 0.305 e. The van der Waals surface area contributed by atoms with Crippen LogP contribution in [0.5, 0.6) is 0 Å². The highest BCUT2D eigenvalue weighted by molar-refractivity contribution is 5.67. The van der Waals surface area contributed by atoms with Gasteiger partial charge < -0.3 is 20.1 Å². The minimum absolute atomic E-state index is 0.0247. The van der Waals surface area contributed by atoms with Crippen LogP contribution in [-0.2, 0) is 9.53 Å². The van der Waals surface area contributed by atoms with E-state index in [-0.39, 0.29) is 19.6 Å². The Hall–Kier alpha value is -1.17. The molecule has 0 saturated heterocycles. The molecule has 0 bridgehead atoms. The summed E-state index contributed by atoms with van der Waals surface area (Å²) in [6.45, 7) is 1.82. The zero-order chi connectivity index (χ0) is 19.5. The number of aliphatic carboxylic acids is 1. The average Bonchev–Trinajstić information content (AvgIpc) is 2.62. The average molecular weight is 371 g/mol. The second-order valence-corrected chi connectivity index (χ2v) is 6.70. The quantitative estimate of drug-likeness (QED) is 0.248. The molecule has 5 heteroatoms. The normalized spacial score (nSPS) is 14.3. The van der Waals surface area contributed by atoms with Crippen molar-refractivity contribution in [3.63, 3.8) is 0 Å². The third-order valence-corrected chi connectivity index (χ3v) is 4.11. The number of ether oxygens (including phenoxy) is 1. The van der Waals surface area contributed by atoms with Crippen molar-refractivity contribution in [3.8, 4) is 0 Å². The molecule has 26 heavy (non-hydrogen) atoms. The Bertz CT molecular complexity index is 379. The van der Waals surface area contributed by atoms with Gasteiger partial charge in [-0.1, -0.05) is 56.9 Å². The van der Waals surface area contributed by atoms with Crippen LogP contribution in [0.3, 0.4) is 0 Å². The van der Waals surface area contributed by atoms with E-state index in [0.717, 1.165) is 32.1 Å². The number of allylic oxidation sites excluding steroid dienone is 4. The van der Waals surface area contributed by atoms with Crippen molar-refractivity contribution in [3.05, 3.63) is 24.3 Å². The lowest BCUT2D eigenvalue weighted by molar-refractivity contribution is -0.141. The second kappa shape index (κ2) is 18.6. The summed E-state index contributed by atoms with van der Waals surface area (Å²) in [5.41, 5.74) is 0. The summed E-state index contributed by atoms with van der Waals surface area (Å²) < 4.78 is 5.40. The molecule has 0 radical (unpaired) electrons. The number of aliphatic hydroxyl groups excluding tert-OH is 2. The molecule has 2 atom stereocenters. The van der Waals surface area contributed by atoms with Crippen molar-refractivity contribution < 1.29 is 24.9 Å². The van der Waals surface area contributed by atoms with E-state index in [4.69, 9.17) is 14.9 Å². The molecule has 0 saturated carbocycles. The minimum Gasteiger partial charge on any atom is -0.481 e. The number of aliphatic hydroxyl groups is 2. The van der Waals surface area contributed by atoms with E-state index in [1.54, 1.807) is 0 Å². The maximum Gasteiger partial charge on any atom is 0.305 e. The van der Waals surface area contributed by atoms with E-state index in [2.05, 4.69) is 31.2 Å². The van der Waals surface area contributed by atoms with Gasteiger partial charge in [0, 0.05) is 0 Å². The van der Waals surface area contributed by atoms with Gasteiger partial charge in [0.2, 0.25) is 0 Å². The summed E-state index contributed by atoms with van der Waals surface area (Å²) in [6, 6.07) is 0. The number of hydrogen-bond donors (Lipinski definition) is 3. The highest BCUT2D eigenvalue weighted by Crippen LogP contribution is 2.12. The summed E-state index contributed by atoms with van der Waals surface area (Å²) in [5, 5.41) is 27.0. The minimum atomic E-state index is -0.947. The van der Waals surface area contributed by atoms with E-state index in [0.29, 0.717) is 6.42 Å². The molecule has 0 aliphatic rings. The Balaban J connectivity index is 3.70. The molecule has 152 valence electrons. The molecule has 0 heterocycles. The van der Waals surface area contributed by atoms with Crippen LogP contribution in [0.4, 0.5) is 0 Å². The predicted molar refractivity (Wildman–Crippen MR) is 105 cm³/mol. The Morgan fingerprint density at radius 3 is 2.23 bits per heavy atom. The lowest BCUT2D eigenvalue weighted by Gasteiger charge is -2.17. The van der Waals surface area contributed by atoms with Crippen LogP contribution in [0.25, 0.3) is 0 Å². The summed E-state index contributed by atoms with van der Waals surface area (Å²) in [5.74, 6) is -0.904. The van der Waals surface area contributed by atoms with Gasteiger partial charge in [-0.3, -0.25) is 4.79 Å². The Labute approximate surface area is 158 Å². The lowest BCUT2D eigenvalue weighted by atomic mass is 10.1. The van der Waals surface area contributed by atoms with Crippen LogP contribution < -0.4 is 0 Å². The van der Waals surface area contributed by atoms with E-state index in [1.807, 2.05) is 0 Å². The fraction of sp³-hybridized carbons (Fsp3) is 0.762. The largest absolute Gasteiger partial charge is 0.481 e. The van der Waals surface area contributed by atoms with Crippen molar-refractivity contribution >= 4 is 5.97 Å². The molecule has 0 aromatic rings. The summed E-state index contributed by atoms with van der Waals surface area (Å²) in [7, 11) is 0. The third kappa shape index (κ3) is 17.6. The fourth-order valence-electron chi connectivity index (χ4n) is 2.57. The molecule has 3 N–H and O–H groups in total. The number of carboxylic acids is 1. The molecule has 0 amide bonds. The van der Waals surface area contributed by atoms with Crippen molar-refractivity contribution in [2.75, 3.05) is 13.2 Å². The first-order chi connectivity index (χ1) is 12.6. The van der Waals surface area contributed by atoms with Crippen LogP contribution in [0, 0.1) is 0 Å². The molecule has 5 nitrogen and oxygen atoms in total. The molecule has 0 spiro atoms. The van der Waals surface area contributed by atoms with Crippen LogP contribution in [0.2, 0.25) is 0 Å². The molecule has 0 aromatic heterocycles. The first-order valence-electron chi connectivity index (χ1n) is 10.0. The monoisotopic (exact) mass is 370 g/mol. The molecular formula is C21H38O5. The standard InChI is InChI=1S/C21H38O5/c1-2-3-4-5-6-7-8-9-10-11-12-13-14-15-20(16-21(24)25)26-18-19(23)17-22/h6-7,9-10,19-20,22-23H,2-5,8,11-18H2,1H3,(H,24,25)/b7-6-,10-9-. The molecule has 2 unspecified atom stereocenters. The Morgan fingerprint density at radius 1 is 1.00 bits per heavy atom. The van der Waals surface area contributed by atoms with E-state index < -0.39 is 18.2 Å². The molecule has 0 fully saturated rings. The van der Waals surface area contributed by atoms with Gasteiger partial charge in [-0.2, -0.15) is 0 Å². The van der Waals surface area contributed by atoms with Gasteiger partial charge in [-0.15, -0.1) is 0 Å². The van der Waals surface area contributed by atoms with Gasteiger partial charge in [-0.05, 0) is 38.5 Å². The van der Waals surface area contributed by atoms with Crippen molar-refractivity contribution in [1.82, 2.24) is 0 Å². The van der Waals surface area contributed by atoms with Crippen LogP contribution >= 0.6 is 0 Å². The third-order valence-electron chi connectivity index (χ3n) is 4.11. The van der Waals surface area contributed by atoms with Gasteiger partial charge in [0.05, 0.1) is 25.7 Å². The summed E-state index contributed by atoms with van der Waals surface area (Å²) >= 11 is 0. The van der Waals surface area contributed by atoms with Gasteiger partial charge in [0.1, 0.15) is 6.10 Å². The number of hydrogen-bond acceptors (Lipinski definition) is 4. The van der Waals surface area contributed by atoms with Crippen molar-refractivity contribution in [2.24, 2.45) is 0 Å². The SMILES string of the molecule is CCCCC/C=C\C/C=C\CCCCCC(CC(=O)O)OCC(O)CO. The molecule has 0 rings (SSSR count). The highest BCUT2D eigenvalue weighted by Gasteiger charge is 2.15. The van der Waals surface area contributed by atoms with E-state index in [9.17, 15) is 9.90 Å². The topological polar surface area (TPSA) is 87.0 Å². The zero-order valence-electron chi connectivity index (χ0n) is 16.3. The van der Waals surface area contributed by atoms with Gasteiger partial charge in [-0.25, -0.2) is 0 Å². The first-order valence-corrected chi connectivity index (χ1v) is 10.0. The molecule has 0 aromatic carbocycles. The zero-order valence-corrected chi connectivity index (χ0v) is 16.3.